The molecule has 1 aliphatic rings. The predicted octanol–water partition coefficient (Wildman–Crippen LogP) is 1.89. The van der Waals surface area contributed by atoms with Gasteiger partial charge in [0.2, 0.25) is 0 Å². The van der Waals surface area contributed by atoms with Crippen molar-refractivity contribution in [1.29, 1.82) is 0 Å². The van der Waals surface area contributed by atoms with Crippen molar-refractivity contribution in [2.24, 2.45) is 10.7 Å². The van der Waals surface area contributed by atoms with Crippen LogP contribution in [0.4, 0.5) is 18.9 Å². The van der Waals surface area contributed by atoms with E-state index in [9.17, 15) is 13.2 Å². The molecule has 8 heteroatoms. The van der Waals surface area contributed by atoms with E-state index in [1.54, 1.807) is 0 Å². The summed E-state index contributed by atoms with van der Waals surface area (Å²) in [6, 6.07) is 1.64. The zero-order valence-corrected chi connectivity index (χ0v) is 10.8. The van der Waals surface area contributed by atoms with Gasteiger partial charge < -0.3 is 16.2 Å². The lowest BCUT2D eigenvalue weighted by molar-refractivity contribution is -0.117. The van der Waals surface area contributed by atoms with Crippen LogP contribution in [0.2, 0.25) is 0 Å². The highest BCUT2D eigenvalue weighted by atomic mass is 32.1. The molecule has 0 unspecified atom stereocenters. The van der Waals surface area contributed by atoms with Gasteiger partial charge in [0, 0.05) is 16.1 Å². The largest absolute Gasteiger partial charge is 0.459 e. The Hall–Kier alpha value is -1.57. The fourth-order valence-electron chi connectivity index (χ4n) is 1.85. The number of aliphatic imine (C=N–C) groups is 1. The molecule has 1 atom stereocenters. The molecule has 2 rings (SSSR count). The van der Waals surface area contributed by atoms with Crippen molar-refractivity contribution in [2.75, 3.05) is 12.3 Å². The Morgan fingerprint density at radius 2 is 2.00 bits per heavy atom. The molecule has 4 nitrogen and oxygen atoms in total. The van der Waals surface area contributed by atoms with Gasteiger partial charge >= 0.3 is 5.92 Å². The van der Waals surface area contributed by atoms with Crippen molar-refractivity contribution in [3.63, 3.8) is 0 Å². The lowest BCUT2D eigenvalue weighted by Crippen LogP contribution is -2.51. The van der Waals surface area contributed by atoms with Crippen molar-refractivity contribution < 1.29 is 17.9 Å². The maximum Gasteiger partial charge on any atom is 0.310 e. The van der Waals surface area contributed by atoms with Gasteiger partial charge in [-0.15, -0.1) is 12.6 Å². The number of nitrogens with two attached hydrogens (primary N) is 2. The summed E-state index contributed by atoms with van der Waals surface area (Å²) in [5.74, 6) is -4.29. The summed E-state index contributed by atoms with van der Waals surface area (Å²) in [5.41, 5.74) is 8.45. The Bertz CT molecular complexity index is 564. The van der Waals surface area contributed by atoms with Crippen LogP contribution < -0.4 is 11.5 Å². The predicted molar refractivity (Wildman–Crippen MR) is 67.9 cm³/mol. The highest BCUT2D eigenvalue weighted by Crippen LogP contribution is 2.45. The van der Waals surface area contributed by atoms with E-state index >= 15 is 0 Å². The SMILES string of the molecule is C[C@]1(c2cc(N)c(S)cc2F)N=C(N)OCC1(F)F. The number of nitrogens with zero attached hydrogens (tertiary/aromatic N) is 1. The van der Waals surface area contributed by atoms with E-state index in [1.165, 1.54) is 0 Å². The van der Waals surface area contributed by atoms with E-state index in [-0.39, 0.29) is 16.1 Å². The molecule has 1 aromatic carbocycles. The summed E-state index contributed by atoms with van der Waals surface area (Å²) >= 11 is 3.93. The number of amidine groups is 1. The Kier molecular flexibility index (Phi) is 3.08. The number of halogens is 3. The van der Waals surface area contributed by atoms with Crippen molar-refractivity contribution >= 4 is 24.3 Å². The maximum absolute atomic E-state index is 14.0. The summed E-state index contributed by atoms with van der Waals surface area (Å²) in [6.07, 6.45) is 0. The van der Waals surface area contributed by atoms with E-state index in [4.69, 9.17) is 11.5 Å². The van der Waals surface area contributed by atoms with Gasteiger partial charge in [-0.05, 0) is 19.1 Å². The smallest absolute Gasteiger partial charge is 0.310 e. The van der Waals surface area contributed by atoms with Crippen LogP contribution in [-0.2, 0) is 10.3 Å². The Labute approximate surface area is 113 Å². The van der Waals surface area contributed by atoms with Gasteiger partial charge in [-0.2, -0.15) is 8.78 Å². The zero-order valence-electron chi connectivity index (χ0n) is 9.95. The standard InChI is InChI=1S/C11H12F3N3OS/c1-10(11(13,14)4-18-9(16)17-10)5-2-7(15)8(19)3-6(5)12/h2-3,19H,4,15H2,1H3,(H2,16,17)/t10-/m1/s1. The lowest BCUT2D eigenvalue weighted by Gasteiger charge is -2.37. The third kappa shape index (κ3) is 2.09. The normalized spacial score (nSPS) is 25.6. The molecular formula is C11H12F3N3OS. The molecule has 19 heavy (non-hydrogen) atoms. The number of alkyl halides is 2. The summed E-state index contributed by atoms with van der Waals surface area (Å²) in [7, 11) is 0. The fourth-order valence-corrected chi connectivity index (χ4v) is 2.03. The molecular weight excluding hydrogens is 279 g/mol. The average Bonchev–Trinajstić information content (AvgIpc) is 2.29. The third-order valence-corrected chi connectivity index (χ3v) is 3.48. The van der Waals surface area contributed by atoms with Gasteiger partial charge in [-0.3, -0.25) is 0 Å². The summed E-state index contributed by atoms with van der Waals surface area (Å²) in [6.45, 7) is 0.110. The van der Waals surface area contributed by atoms with E-state index in [1.807, 2.05) is 0 Å². The highest BCUT2D eigenvalue weighted by molar-refractivity contribution is 7.80. The second kappa shape index (κ2) is 4.22. The van der Waals surface area contributed by atoms with Crippen molar-refractivity contribution in [3.05, 3.63) is 23.5 Å². The zero-order chi connectivity index (χ0) is 14.4. The van der Waals surface area contributed by atoms with Crippen LogP contribution >= 0.6 is 12.6 Å². The van der Waals surface area contributed by atoms with E-state index in [0.29, 0.717) is 0 Å². The number of benzene rings is 1. The average molecular weight is 291 g/mol. The van der Waals surface area contributed by atoms with Crippen molar-refractivity contribution in [2.45, 2.75) is 23.3 Å². The first kappa shape index (κ1) is 13.9. The van der Waals surface area contributed by atoms with Crippen molar-refractivity contribution in [1.82, 2.24) is 0 Å². The molecule has 0 aromatic heterocycles. The molecule has 1 aliphatic heterocycles. The number of ether oxygens (including phenoxy) is 1. The summed E-state index contributed by atoms with van der Waals surface area (Å²) in [4.78, 5) is 3.73. The number of hydrogen-bond acceptors (Lipinski definition) is 5. The van der Waals surface area contributed by atoms with Crippen LogP contribution in [0.1, 0.15) is 12.5 Å². The first-order valence-corrected chi connectivity index (χ1v) is 5.76. The molecule has 0 amide bonds. The van der Waals surface area contributed by atoms with Crippen LogP contribution in [0.3, 0.4) is 0 Å². The van der Waals surface area contributed by atoms with E-state index in [2.05, 4.69) is 22.4 Å². The van der Waals surface area contributed by atoms with Gasteiger partial charge in [0.25, 0.3) is 6.02 Å². The molecule has 1 aromatic rings. The Morgan fingerprint density at radius 1 is 1.37 bits per heavy atom. The first-order chi connectivity index (χ1) is 8.67. The van der Waals surface area contributed by atoms with Crippen LogP contribution in [0, 0.1) is 5.82 Å². The number of rotatable bonds is 1. The summed E-state index contributed by atoms with van der Waals surface area (Å²) < 4.78 is 46.5. The molecule has 1 heterocycles. The number of nitrogen functional groups attached to an aromatic ring is 1. The van der Waals surface area contributed by atoms with Gasteiger partial charge in [0.1, 0.15) is 5.82 Å². The van der Waals surface area contributed by atoms with E-state index < -0.39 is 29.9 Å². The number of hydrogen-bond donors (Lipinski definition) is 3. The fraction of sp³-hybridized carbons (Fsp3) is 0.364. The second-order valence-electron chi connectivity index (χ2n) is 4.41. The molecule has 0 saturated heterocycles. The molecule has 104 valence electrons. The van der Waals surface area contributed by atoms with Gasteiger partial charge in [0.15, 0.2) is 12.1 Å². The second-order valence-corrected chi connectivity index (χ2v) is 4.89. The van der Waals surface area contributed by atoms with Crippen LogP contribution in [0.5, 0.6) is 0 Å². The maximum atomic E-state index is 14.0. The van der Waals surface area contributed by atoms with Gasteiger partial charge in [-0.1, -0.05) is 0 Å². The monoisotopic (exact) mass is 291 g/mol. The van der Waals surface area contributed by atoms with Crippen LogP contribution in [0.25, 0.3) is 0 Å². The highest BCUT2D eigenvalue weighted by Gasteiger charge is 2.56. The van der Waals surface area contributed by atoms with Crippen LogP contribution in [-0.4, -0.2) is 18.6 Å². The molecule has 0 radical (unpaired) electrons. The van der Waals surface area contributed by atoms with Crippen LogP contribution in [0.15, 0.2) is 22.0 Å². The molecule has 0 fully saturated rings. The number of thiol groups is 1. The molecule has 0 saturated carbocycles. The third-order valence-electron chi connectivity index (χ3n) is 3.09. The molecule has 0 aliphatic carbocycles. The quantitative estimate of drug-likeness (QED) is 0.546. The topological polar surface area (TPSA) is 73.6 Å². The minimum atomic E-state index is -3.42. The molecule has 4 N–H and O–H groups in total. The van der Waals surface area contributed by atoms with E-state index in [0.717, 1.165) is 19.1 Å². The summed E-state index contributed by atoms with van der Waals surface area (Å²) in [5, 5.41) is 0. The minimum Gasteiger partial charge on any atom is -0.459 e. The lowest BCUT2D eigenvalue weighted by atomic mass is 9.85. The number of anilines is 1. The minimum absolute atomic E-state index is 0.0806. The Balaban J connectivity index is 2.67. The van der Waals surface area contributed by atoms with Crippen molar-refractivity contribution in [3.8, 4) is 0 Å². The Morgan fingerprint density at radius 3 is 2.63 bits per heavy atom. The molecule has 0 bridgehead atoms. The van der Waals surface area contributed by atoms with Gasteiger partial charge in [-0.25, -0.2) is 9.38 Å². The van der Waals surface area contributed by atoms with Gasteiger partial charge in [0.05, 0.1) is 0 Å². The first-order valence-electron chi connectivity index (χ1n) is 5.32. The molecule has 0 spiro atoms.